The van der Waals surface area contributed by atoms with Crippen molar-refractivity contribution in [2.24, 2.45) is 0 Å². The third-order valence-electron chi connectivity index (χ3n) is 12.6. The summed E-state index contributed by atoms with van der Waals surface area (Å²) in [5, 5.41) is 2.23. The second-order valence-corrected chi connectivity index (χ2v) is 17.9. The van der Waals surface area contributed by atoms with Crippen LogP contribution in [0.4, 0.5) is 0 Å². The van der Waals surface area contributed by atoms with E-state index in [-0.39, 0.29) is 5.41 Å². The van der Waals surface area contributed by atoms with Crippen LogP contribution in [0.2, 0.25) is 0 Å². The van der Waals surface area contributed by atoms with E-state index in [2.05, 4.69) is 211 Å². The van der Waals surface area contributed by atoms with E-state index in [4.69, 9.17) is 14.5 Å². The van der Waals surface area contributed by atoms with Crippen LogP contribution in [0.25, 0.3) is 88.9 Å². The Morgan fingerprint density at radius 2 is 0.906 bits per heavy atom. The van der Waals surface area contributed by atoms with Gasteiger partial charge in [-0.3, -0.25) is 0 Å². The molecule has 0 saturated carbocycles. The van der Waals surface area contributed by atoms with Gasteiger partial charge in [-0.2, -0.15) is 0 Å². The fourth-order valence-electron chi connectivity index (χ4n) is 9.12. The maximum atomic E-state index is 5.95. The lowest BCUT2D eigenvalue weighted by atomic mass is 9.75. The van der Waals surface area contributed by atoms with Gasteiger partial charge in [0, 0.05) is 33.0 Å². The Labute approximate surface area is 379 Å². The van der Waals surface area contributed by atoms with Crippen molar-refractivity contribution < 1.29 is 9.47 Å². The van der Waals surface area contributed by atoms with Gasteiger partial charge >= 0.3 is 0 Å². The first-order chi connectivity index (χ1) is 31.1. The Bertz CT molecular complexity index is 3100. The molecule has 0 unspecified atom stereocenters. The second-order valence-electron chi connectivity index (χ2n) is 17.9. The fourth-order valence-corrected chi connectivity index (χ4v) is 9.12. The van der Waals surface area contributed by atoms with Crippen LogP contribution in [0.5, 0.6) is 11.5 Å². The van der Waals surface area contributed by atoms with Gasteiger partial charge in [0.2, 0.25) is 0 Å². The van der Waals surface area contributed by atoms with E-state index in [1.165, 1.54) is 22.3 Å². The Kier molecular flexibility index (Phi) is 11.5. The predicted octanol–water partition coefficient (Wildman–Crippen LogP) is 16.4. The maximum absolute atomic E-state index is 5.95. The van der Waals surface area contributed by atoms with Crippen molar-refractivity contribution >= 4 is 10.8 Å². The van der Waals surface area contributed by atoms with E-state index in [0.717, 1.165) is 107 Å². The predicted molar refractivity (Wildman–Crippen MR) is 270 cm³/mol. The number of hydrogen-bond donors (Lipinski definition) is 0. The lowest BCUT2D eigenvalue weighted by Gasteiger charge is -2.29. The summed E-state index contributed by atoms with van der Waals surface area (Å²) < 4.78 is 11.7. The standard InChI is InChI=1S/C61H55NO2/c1-9-41-23-27-43(28-24-41)55-53(44-29-33-49(34-30-44)61(4,5)6)52(45-31-35-50(63-7)36-32-45)54(42-16-11-10-12-17-42)57-56(46-25-21-39(2)22-26-46)59(48-19-14-20-51(38-48)64-8)62-60(58(55)57)47-18-13-15-40(3)37-47/h10-38H,9H2,1-8H3. The van der Waals surface area contributed by atoms with Crippen LogP contribution in [0, 0.1) is 13.8 Å². The van der Waals surface area contributed by atoms with E-state index >= 15 is 0 Å². The summed E-state index contributed by atoms with van der Waals surface area (Å²) in [5.41, 5.74) is 20.0. The molecule has 0 bridgehead atoms. The molecule has 0 aliphatic heterocycles. The molecule has 9 rings (SSSR count). The number of ether oxygens (including phenoxy) is 2. The molecule has 316 valence electrons. The Morgan fingerprint density at radius 3 is 1.50 bits per heavy atom. The van der Waals surface area contributed by atoms with Gasteiger partial charge in [0.25, 0.3) is 0 Å². The van der Waals surface area contributed by atoms with Gasteiger partial charge in [0.05, 0.1) is 25.6 Å². The minimum atomic E-state index is -0.0174. The van der Waals surface area contributed by atoms with Gasteiger partial charge in [0.1, 0.15) is 11.5 Å². The molecule has 1 aromatic heterocycles. The number of rotatable bonds is 10. The van der Waals surface area contributed by atoms with E-state index in [1.807, 2.05) is 6.07 Å². The lowest BCUT2D eigenvalue weighted by Crippen LogP contribution is -2.10. The minimum absolute atomic E-state index is 0.0174. The van der Waals surface area contributed by atoms with Crippen molar-refractivity contribution in [2.75, 3.05) is 14.2 Å². The van der Waals surface area contributed by atoms with E-state index in [1.54, 1.807) is 14.2 Å². The van der Waals surface area contributed by atoms with Crippen LogP contribution in [0.3, 0.4) is 0 Å². The number of fused-ring (bicyclic) bond motifs is 1. The molecule has 1 heterocycles. The molecule has 9 aromatic rings. The Morgan fingerprint density at radius 1 is 0.406 bits per heavy atom. The van der Waals surface area contributed by atoms with Gasteiger partial charge < -0.3 is 9.47 Å². The molecule has 3 heteroatoms. The number of benzene rings is 8. The summed E-state index contributed by atoms with van der Waals surface area (Å²) in [6.45, 7) is 13.4. The Balaban J connectivity index is 1.64. The summed E-state index contributed by atoms with van der Waals surface area (Å²) >= 11 is 0. The molecule has 0 aliphatic carbocycles. The molecule has 0 amide bonds. The van der Waals surface area contributed by atoms with Crippen molar-refractivity contribution in [3.8, 4) is 89.6 Å². The highest BCUT2D eigenvalue weighted by atomic mass is 16.5. The number of aromatic nitrogens is 1. The molecule has 0 atom stereocenters. The number of aryl methyl sites for hydroxylation is 3. The molecular formula is C61H55NO2. The van der Waals surface area contributed by atoms with Crippen LogP contribution >= 0.6 is 0 Å². The number of nitrogens with zero attached hydrogens (tertiary/aromatic N) is 1. The molecule has 3 nitrogen and oxygen atoms in total. The van der Waals surface area contributed by atoms with Crippen LogP contribution in [0.1, 0.15) is 49.9 Å². The monoisotopic (exact) mass is 833 g/mol. The van der Waals surface area contributed by atoms with E-state index < -0.39 is 0 Å². The molecule has 0 spiro atoms. The van der Waals surface area contributed by atoms with Gasteiger partial charge in [-0.25, -0.2) is 4.98 Å². The zero-order chi connectivity index (χ0) is 44.5. The smallest absolute Gasteiger partial charge is 0.119 e. The minimum Gasteiger partial charge on any atom is -0.497 e. The SMILES string of the molecule is CCc1ccc(-c2c(-c3ccc(C(C)(C)C)cc3)c(-c3ccc(OC)cc3)c(-c3ccccc3)c3c(-c4ccc(C)cc4)c(-c4cccc(OC)c4)nc(-c4cccc(C)c4)c23)cc1. The van der Waals surface area contributed by atoms with Crippen molar-refractivity contribution in [1.82, 2.24) is 4.98 Å². The third-order valence-corrected chi connectivity index (χ3v) is 12.6. The van der Waals surface area contributed by atoms with Crippen LogP contribution in [-0.4, -0.2) is 19.2 Å². The zero-order valence-corrected chi connectivity index (χ0v) is 38.2. The molecule has 0 fully saturated rings. The summed E-state index contributed by atoms with van der Waals surface area (Å²) in [6.07, 6.45) is 0.948. The topological polar surface area (TPSA) is 31.4 Å². The third kappa shape index (κ3) is 7.99. The zero-order valence-electron chi connectivity index (χ0n) is 38.2. The van der Waals surface area contributed by atoms with Crippen molar-refractivity contribution in [2.45, 2.75) is 53.4 Å². The van der Waals surface area contributed by atoms with Gasteiger partial charge in [-0.1, -0.05) is 184 Å². The van der Waals surface area contributed by atoms with E-state index in [9.17, 15) is 0 Å². The van der Waals surface area contributed by atoms with Crippen LogP contribution in [0.15, 0.2) is 176 Å². The first-order valence-corrected chi connectivity index (χ1v) is 22.3. The number of pyridine rings is 1. The molecule has 0 saturated heterocycles. The average Bonchev–Trinajstić information content (AvgIpc) is 3.33. The summed E-state index contributed by atoms with van der Waals surface area (Å²) in [5.74, 6) is 1.59. The molecule has 0 N–H and O–H groups in total. The molecule has 64 heavy (non-hydrogen) atoms. The second kappa shape index (κ2) is 17.5. The molecule has 0 aliphatic rings. The van der Waals surface area contributed by atoms with Gasteiger partial charge in [-0.05, 0) is 112 Å². The van der Waals surface area contributed by atoms with Gasteiger partial charge in [0.15, 0.2) is 0 Å². The fraction of sp³-hybridized carbons (Fsp3) is 0.164. The normalized spacial score (nSPS) is 11.5. The highest BCUT2D eigenvalue weighted by Crippen LogP contribution is 2.56. The number of hydrogen-bond acceptors (Lipinski definition) is 3. The molecule has 0 radical (unpaired) electrons. The van der Waals surface area contributed by atoms with Crippen LogP contribution in [-0.2, 0) is 11.8 Å². The highest BCUT2D eigenvalue weighted by molar-refractivity contribution is 6.26. The average molecular weight is 834 g/mol. The quantitative estimate of drug-likeness (QED) is 0.138. The van der Waals surface area contributed by atoms with Crippen molar-refractivity contribution in [1.29, 1.82) is 0 Å². The van der Waals surface area contributed by atoms with Crippen LogP contribution < -0.4 is 9.47 Å². The molecule has 8 aromatic carbocycles. The van der Waals surface area contributed by atoms with Crippen molar-refractivity contribution in [3.63, 3.8) is 0 Å². The summed E-state index contributed by atoms with van der Waals surface area (Å²) in [7, 11) is 3.46. The van der Waals surface area contributed by atoms with Gasteiger partial charge in [-0.15, -0.1) is 0 Å². The summed E-state index contributed by atoms with van der Waals surface area (Å²) in [6, 6.07) is 64.2. The lowest BCUT2D eigenvalue weighted by molar-refractivity contribution is 0.415. The summed E-state index contributed by atoms with van der Waals surface area (Å²) in [4.78, 5) is 5.95. The van der Waals surface area contributed by atoms with Crippen molar-refractivity contribution in [3.05, 3.63) is 198 Å². The maximum Gasteiger partial charge on any atom is 0.119 e. The number of methoxy groups -OCH3 is 2. The largest absolute Gasteiger partial charge is 0.497 e. The first kappa shape index (κ1) is 42.1. The first-order valence-electron chi connectivity index (χ1n) is 22.3. The molecular weight excluding hydrogens is 779 g/mol. The Hall–Kier alpha value is -7.23. The van der Waals surface area contributed by atoms with E-state index in [0.29, 0.717) is 0 Å². The highest BCUT2D eigenvalue weighted by Gasteiger charge is 2.31.